The molecule has 1 aliphatic heterocycles. The molecule has 0 aliphatic carbocycles. The van der Waals surface area contributed by atoms with Crippen molar-refractivity contribution in [1.29, 1.82) is 0 Å². The third-order valence-corrected chi connectivity index (χ3v) is 5.05. The van der Waals surface area contributed by atoms with E-state index in [2.05, 4.69) is 5.32 Å². The molecule has 1 unspecified atom stereocenters. The number of hydrogen-bond acceptors (Lipinski definition) is 4. The molecule has 0 fully saturated rings. The van der Waals surface area contributed by atoms with Crippen molar-refractivity contribution >= 4 is 23.4 Å². The molecule has 1 heterocycles. The first-order chi connectivity index (χ1) is 12.6. The number of ether oxygens (including phenoxy) is 2. The summed E-state index contributed by atoms with van der Waals surface area (Å²) in [4.78, 5) is 12.8. The molecule has 1 aliphatic rings. The molecule has 1 amide bonds. The number of nitrogens with one attached hydrogen (secondary N) is 1. The van der Waals surface area contributed by atoms with Gasteiger partial charge in [0.15, 0.2) is 0 Å². The van der Waals surface area contributed by atoms with Crippen molar-refractivity contribution in [3.63, 3.8) is 0 Å². The fraction of sp³-hybridized carbons (Fsp3) is 0.350. The molecule has 1 N–H and O–H groups in total. The number of amides is 1. The van der Waals surface area contributed by atoms with Gasteiger partial charge in [-0.3, -0.25) is 4.79 Å². The number of thioether (sulfide) groups is 1. The number of halogens is 1. The average molecular weight is 375 g/mol. The molecule has 0 bridgehead atoms. The maximum Gasteiger partial charge on any atom is 0.225 e. The van der Waals surface area contributed by atoms with E-state index in [1.54, 1.807) is 18.2 Å². The highest BCUT2D eigenvalue weighted by Gasteiger charge is 2.22. The molecular weight excluding hydrogens is 353 g/mol. The van der Waals surface area contributed by atoms with Crippen molar-refractivity contribution in [2.24, 2.45) is 0 Å². The molecule has 138 valence electrons. The van der Waals surface area contributed by atoms with E-state index in [0.29, 0.717) is 28.7 Å². The molecule has 0 saturated carbocycles. The van der Waals surface area contributed by atoms with Crippen LogP contribution in [0.1, 0.15) is 25.8 Å². The lowest BCUT2D eigenvalue weighted by atomic mass is 10.1. The fourth-order valence-corrected chi connectivity index (χ4v) is 3.73. The summed E-state index contributed by atoms with van der Waals surface area (Å²) in [7, 11) is 0. The molecule has 26 heavy (non-hydrogen) atoms. The Morgan fingerprint density at radius 1 is 1.38 bits per heavy atom. The second kappa shape index (κ2) is 8.45. The Balaban J connectivity index is 1.61. The smallest absolute Gasteiger partial charge is 0.225 e. The summed E-state index contributed by atoms with van der Waals surface area (Å²) >= 11 is 1.33. The van der Waals surface area contributed by atoms with Crippen molar-refractivity contribution in [3.8, 4) is 11.5 Å². The highest BCUT2D eigenvalue weighted by atomic mass is 32.2. The average Bonchev–Trinajstić information content (AvgIpc) is 2.96. The van der Waals surface area contributed by atoms with Gasteiger partial charge in [0, 0.05) is 35.1 Å². The Kier molecular flexibility index (Phi) is 6.04. The molecule has 1 atom stereocenters. The van der Waals surface area contributed by atoms with Crippen LogP contribution in [0.2, 0.25) is 0 Å². The van der Waals surface area contributed by atoms with E-state index in [4.69, 9.17) is 9.47 Å². The zero-order valence-electron chi connectivity index (χ0n) is 14.9. The van der Waals surface area contributed by atoms with Crippen LogP contribution in [0.3, 0.4) is 0 Å². The fourth-order valence-electron chi connectivity index (χ4n) is 2.84. The number of anilines is 1. The van der Waals surface area contributed by atoms with E-state index in [0.717, 1.165) is 17.7 Å². The number of benzene rings is 2. The first-order valence-corrected chi connectivity index (χ1v) is 9.69. The van der Waals surface area contributed by atoms with E-state index < -0.39 is 0 Å². The first-order valence-electron chi connectivity index (χ1n) is 8.70. The number of rotatable bonds is 7. The zero-order valence-corrected chi connectivity index (χ0v) is 15.7. The molecule has 6 heteroatoms. The van der Waals surface area contributed by atoms with Crippen LogP contribution in [0.4, 0.5) is 10.1 Å². The largest absolute Gasteiger partial charge is 0.492 e. The summed E-state index contributed by atoms with van der Waals surface area (Å²) < 4.78 is 25.0. The lowest BCUT2D eigenvalue weighted by Gasteiger charge is -2.13. The summed E-state index contributed by atoms with van der Waals surface area (Å²) in [6.07, 6.45) is 1.24. The maximum absolute atomic E-state index is 13.6. The third-order valence-electron chi connectivity index (χ3n) is 4.00. The van der Waals surface area contributed by atoms with Gasteiger partial charge >= 0.3 is 0 Å². The van der Waals surface area contributed by atoms with Crippen molar-refractivity contribution in [2.45, 2.75) is 37.7 Å². The Labute approximate surface area is 157 Å². The Hall–Kier alpha value is -2.21. The zero-order chi connectivity index (χ0) is 18.5. The van der Waals surface area contributed by atoms with Crippen molar-refractivity contribution in [3.05, 3.63) is 47.8 Å². The van der Waals surface area contributed by atoms with Gasteiger partial charge in [-0.05, 0) is 32.0 Å². The quantitative estimate of drug-likeness (QED) is 0.715. The number of fused-ring (bicyclic) bond motifs is 1. The van der Waals surface area contributed by atoms with Crippen LogP contribution >= 0.6 is 11.8 Å². The summed E-state index contributed by atoms with van der Waals surface area (Å²) in [6.45, 7) is 4.43. The molecule has 0 saturated heterocycles. The van der Waals surface area contributed by atoms with Gasteiger partial charge in [-0.15, -0.1) is 11.8 Å². The second-order valence-electron chi connectivity index (χ2n) is 6.10. The predicted molar refractivity (Wildman–Crippen MR) is 102 cm³/mol. The third kappa shape index (κ3) is 4.49. The minimum absolute atomic E-state index is 0.127. The minimum atomic E-state index is -0.263. The Morgan fingerprint density at radius 2 is 2.19 bits per heavy atom. The van der Waals surface area contributed by atoms with Crippen LogP contribution in [0.15, 0.2) is 41.3 Å². The van der Waals surface area contributed by atoms with E-state index in [-0.39, 0.29) is 24.2 Å². The highest BCUT2D eigenvalue weighted by molar-refractivity contribution is 7.99. The van der Waals surface area contributed by atoms with Crippen LogP contribution in [0, 0.1) is 5.82 Å². The van der Waals surface area contributed by atoms with Gasteiger partial charge in [0.1, 0.15) is 23.4 Å². The Bertz CT molecular complexity index is 797. The number of carbonyl (C=O) groups is 1. The van der Waals surface area contributed by atoms with Crippen LogP contribution in [-0.2, 0) is 11.2 Å². The molecule has 3 rings (SSSR count). The summed E-state index contributed by atoms with van der Waals surface area (Å²) in [5.74, 6) is 1.54. The van der Waals surface area contributed by atoms with Gasteiger partial charge in [-0.1, -0.05) is 12.1 Å². The van der Waals surface area contributed by atoms with Crippen LogP contribution in [0.5, 0.6) is 11.5 Å². The predicted octanol–water partition coefficient (Wildman–Crippen LogP) is 4.67. The Morgan fingerprint density at radius 3 is 2.96 bits per heavy atom. The molecular formula is C20H22FNO3S. The molecule has 0 radical (unpaired) electrons. The van der Waals surface area contributed by atoms with Gasteiger partial charge in [0.2, 0.25) is 5.91 Å². The number of carbonyl (C=O) groups excluding carboxylic acids is 1. The summed E-state index contributed by atoms with van der Waals surface area (Å²) in [5.41, 5.74) is 1.70. The van der Waals surface area contributed by atoms with E-state index in [1.807, 2.05) is 26.0 Å². The lowest BCUT2D eigenvalue weighted by molar-refractivity contribution is -0.115. The van der Waals surface area contributed by atoms with E-state index >= 15 is 0 Å². The van der Waals surface area contributed by atoms with Gasteiger partial charge in [-0.2, -0.15) is 0 Å². The SMILES string of the molecule is CCOc1cc2c(cc1NC(=O)CCSc1ccccc1F)OC(C)C2. The highest BCUT2D eigenvalue weighted by Crippen LogP contribution is 2.38. The summed E-state index contributed by atoms with van der Waals surface area (Å²) in [6, 6.07) is 10.3. The lowest BCUT2D eigenvalue weighted by Crippen LogP contribution is -2.13. The summed E-state index contributed by atoms with van der Waals surface area (Å²) in [5, 5.41) is 2.89. The van der Waals surface area contributed by atoms with Crippen LogP contribution < -0.4 is 14.8 Å². The molecule has 4 nitrogen and oxygen atoms in total. The first kappa shape index (κ1) is 18.6. The standard InChI is InChI=1S/C20H22FNO3S/c1-3-24-18-11-14-10-13(2)25-17(14)12-16(18)22-20(23)8-9-26-19-7-5-4-6-15(19)21/h4-7,11-13H,3,8-10H2,1-2H3,(H,22,23). The second-order valence-corrected chi connectivity index (χ2v) is 7.24. The van der Waals surface area contributed by atoms with E-state index in [9.17, 15) is 9.18 Å². The normalized spacial score (nSPS) is 15.3. The maximum atomic E-state index is 13.6. The molecule has 0 aromatic heterocycles. The van der Waals surface area contributed by atoms with Gasteiger partial charge in [0.25, 0.3) is 0 Å². The minimum Gasteiger partial charge on any atom is -0.492 e. The molecule has 0 spiro atoms. The van der Waals surface area contributed by atoms with Crippen LogP contribution in [-0.4, -0.2) is 24.4 Å². The number of hydrogen-bond donors (Lipinski definition) is 1. The van der Waals surface area contributed by atoms with Gasteiger partial charge in [-0.25, -0.2) is 4.39 Å². The van der Waals surface area contributed by atoms with Crippen molar-refractivity contribution in [2.75, 3.05) is 17.7 Å². The molecule has 2 aromatic rings. The molecule has 2 aromatic carbocycles. The van der Waals surface area contributed by atoms with E-state index in [1.165, 1.54) is 17.8 Å². The topological polar surface area (TPSA) is 47.6 Å². The van der Waals surface area contributed by atoms with Crippen LogP contribution in [0.25, 0.3) is 0 Å². The van der Waals surface area contributed by atoms with Gasteiger partial charge < -0.3 is 14.8 Å². The van der Waals surface area contributed by atoms with Crippen molar-refractivity contribution < 1.29 is 18.7 Å². The van der Waals surface area contributed by atoms with Gasteiger partial charge in [0.05, 0.1) is 12.3 Å². The monoisotopic (exact) mass is 375 g/mol. The van der Waals surface area contributed by atoms with Crippen molar-refractivity contribution in [1.82, 2.24) is 0 Å².